The van der Waals surface area contributed by atoms with Crippen molar-refractivity contribution in [1.29, 1.82) is 0 Å². The van der Waals surface area contributed by atoms with Crippen molar-refractivity contribution in [2.24, 2.45) is 16.5 Å². The number of nitrogens with two attached hydrogens (primary N) is 2. The van der Waals surface area contributed by atoms with Gasteiger partial charge in [-0.1, -0.05) is 24.3 Å². The van der Waals surface area contributed by atoms with Crippen LogP contribution in [-0.2, 0) is 4.79 Å². The van der Waals surface area contributed by atoms with E-state index in [2.05, 4.69) is 15.0 Å². The zero-order chi connectivity index (χ0) is 24.6. The second-order valence-corrected chi connectivity index (χ2v) is 8.13. The van der Waals surface area contributed by atoms with Crippen LogP contribution in [0.2, 0.25) is 0 Å². The van der Waals surface area contributed by atoms with Crippen LogP contribution in [0.15, 0.2) is 84.1 Å². The van der Waals surface area contributed by atoms with Crippen LogP contribution < -0.4 is 11.5 Å². The summed E-state index contributed by atoms with van der Waals surface area (Å²) in [5, 5.41) is 0. The molecule has 0 unspecified atom stereocenters. The summed E-state index contributed by atoms with van der Waals surface area (Å²) >= 11 is 0. The van der Waals surface area contributed by atoms with Crippen molar-refractivity contribution in [2.45, 2.75) is 18.9 Å². The number of pyridine rings is 2. The molecule has 0 bridgehead atoms. The minimum atomic E-state index is -0.494. The Labute approximate surface area is 203 Å². The summed E-state index contributed by atoms with van der Waals surface area (Å²) in [6.45, 7) is 0.971. The molecule has 1 aliphatic rings. The van der Waals surface area contributed by atoms with Gasteiger partial charge in [0.25, 0.3) is 5.91 Å². The molecule has 4 N–H and O–H groups in total. The summed E-state index contributed by atoms with van der Waals surface area (Å²) in [5.41, 5.74) is 14.4. The third kappa shape index (κ3) is 5.60. The summed E-state index contributed by atoms with van der Waals surface area (Å²) in [5.74, 6) is -0.781. The van der Waals surface area contributed by atoms with E-state index in [0.717, 1.165) is 12.8 Å². The highest BCUT2D eigenvalue weighted by Gasteiger charge is 2.32. The fourth-order valence-electron chi connectivity index (χ4n) is 4.06. The second kappa shape index (κ2) is 11.2. The molecule has 178 valence electrons. The summed E-state index contributed by atoms with van der Waals surface area (Å²) in [7, 11) is 0. The van der Waals surface area contributed by atoms with E-state index in [1.54, 1.807) is 66.0 Å². The van der Waals surface area contributed by atoms with Crippen LogP contribution in [0.25, 0.3) is 17.0 Å². The minimum absolute atomic E-state index is 0.0621. The number of rotatable bonds is 7. The molecule has 0 spiro atoms. The van der Waals surface area contributed by atoms with E-state index < -0.39 is 5.82 Å². The second-order valence-electron chi connectivity index (χ2n) is 8.13. The third-order valence-corrected chi connectivity index (χ3v) is 5.84. The number of carbonyl (C=O) groups excluding carboxylic acids is 1. The monoisotopic (exact) mass is 470 g/mol. The van der Waals surface area contributed by atoms with Crippen molar-refractivity contribution < 1.29 is 9.18 Å². The summed E-state index contributed by atoms with van der Waals surface area (Å²) in [6.07, 6.45) is 8.23. The Hall–Kier alpha value is -4.33. The Balaban J connectivity index is 1.57. The van der Waals surface area contributed by atoms with E-state index in [0.29, 0.717) is 30.2 Å². The van der Waals surface area contributed by atoms with Gasteiger partial charge in [-0.2, -0.15) is 0 Å². The molecular formula is C27H27FN6O. The summed E-state index contributed by atoms with van der Waals surface area (Å²) < 4.78 is 14.5. The highest BCUT2D eigenvalue weighted by molar-refractivity contribution is 6.26. The number of allylic oxidation sites excluding steroid dienone is 1. The van der Waals surface area contributed by atoms with Gasteiger partial charge in [-0.25, -0.2) is 4.39 Å². The predicted octanol–water partition coefficient (Wildman–Crippen LogP) is 3.50. The van der Waals surface area contributed by atoms with E-state index in [-0.39, 0.29) is 28.8 Å². The van der Waals surface area contributed by atoms with Gasteiger partial charge in [-0.3, -0.25) is 19.8 Å². The number of aliphatic imine (C=N–C) groups is 1. The molecule has 3 heterocycles. The van der Waals surface area contributed by atoms with E-state index >= 15 is 0 Å². The number of benzene rings is 1. The van der Waals surface area contributed by atoms with Crippen molar-refractivity contribution in [2.75, 3.05) is 13.1 Å². The number of halogens is 1. The van der Waals surface area contributed by atoms with Crippen LogP contribution in [0.4, 0.5) is 4.39 Å². The van der Waals surface area contributed by atoms with Gasteiger partial charge in [-0.05, 0) is 55.3 Å². The molecule has 1 aliphatic heterocycles. The first-order chi connectivity index (χ1) is 17.1. The van der Waals surface area contributed by atoms with Crippen molar-refractivity contribution in [1.82, 2.24) is 14.9 Å². The van der Waals surface area contributed by atoms with E-state index in [1.807, 2.05) is 18.2 Å². The number of carbonyl (C=O) groups is 1. The highest BCUT2D eigenvalue weighted by Crippen LogP contribution is 2.29. The fourth-order valence-corrected chi connectivity index (χ4v) is 4.06. The van der Waals surface area contributed by atoms with Crippen molar-refractivity contribution in [3.8, 4) is 0 Å². The molecule has 0 aliphatic carbocycles. The molecule has 7 nitrogen and oxygen atoms in total. The maximum Gasteiger partial charge on any atom is 0.258 e. The standard InChI is InChI=1S/C27H27FN6O/c28-21-10-2-1-9-20(21)26(30)25(24-12-4-6-15-33-24)27(35)34-17-7-8-19(34)18-31-16-13-22(29)23-11-3-5-14-32-23/h1-6,9-16,19H,7-8,17-18,29-30H2/b22-13-,26-25+,31-16?/t19-/m0/s1. The summed E-state index contributed by atoms with van der Waals surface area (Å²) in [6, 6.07) is 16.8. The maximum atomic E-state index is 14.5. The lowest BCUT2D eigenvalue weighted by atomic mass is 10.0. The number of nitrogens with zero attached hydrogens (tertiary/aromatic N) is 4. The van der Waals surface area contributed by atoms with Gasteiger partial charge >= 0.3 is 0 Å². The number of hydrogen-bond donors (Lipinski definition) is 2. The molecule has 3 aromatic rings. The highest BCUT2D eigenvalue weighted by atomic mass is 19.1. The van der Waals surface area contributed by atoms with Crippen molar-refractivity contribution in [3.63, 3.8) is 0 Å². The maximum absolute atomic E-state index is 14.5. The number of hydrogen-bond acceptors (Lipinski definition) is 6. The minimum Gasteiger partial charge on any atom is -0.397 e. The smallest absolute Gasteiger partial charge is 0.258 e. The molecule has 0 radical (unpaired) electrons. The van der Waals surface area contributed by atoms with Crippen LogP contribution >= 0.6 is 0 Å². The lowest BCUT2D eigenvalue weighted by Gasteiger charge is -2.25. The van der Waals surface area contributed by atoms with Gasteiger partial charge in [-0.15, -0.1) is 0 Å². The molecule has 0 saturated carbocycles. The lowest BCUT2D eigenvalue weighted by molar-refractivity contribution is -0.125. The van der Waals surface area contributed by atoms with Crippen LogP contribution in [-0.4, -0.2) is 46.1 Å². The molecule has 1 atom stereocenters. The zero-order valence-electron chi connectivity index (χ0n) is 19.2. The van der Waals surface area contributed by atoms with Crippen molar-refractivity contribution in [3.05, 3.63) is 102 Å². The Morgan fingerprint density at radius 1 is 1.03 bits per heavy atom. The summed E-state index contributed by atoms with van der Waals surface area (Å²) in [4.78, 5) is 28.5. The Bertz CT molecular complexity index is 1260. The first-order valence-corrected chi connectivity index (χ1v) is 11.4. The first-order valence-electron chi connectivity index (χ1n) is 11.4. The topological polar surface area (TPSA) is 110 Å². The van der Waals surface area contributed by atoms with Crippen molar-refractivity contribution >= 4 is 29.1 Å². The predicted molar refractivity (Wildman–Crippen MR) is 136 cm³/mol. The van der Waals surface area contributed by atoms with Crippen LogP contribution in [0, 0.1) is 5.82 Å². The average molecular weight is 471 g/mol. The molecule has 35 heavy (non-hydrogen) atoms. The molecule has 1 aromatic carbocycles. The lowest BCUT2D eigenvalue weighted by Crippen LogP contribution is -2.38. The quantitative estimate of drug-likeness (QED) is 0.406. The van der Waals surface area contributed by atoms with Gasteiger partial charge in [0.2, 0.25) is 0 Å². The Morgan fingerprint density at radius 2 is 1.71 bits per heavy atom. The van der Waals surface area contributed by atoms with E-state index in [4.69, 9.17) is 11.5 Å². The van der Waals surface area contributed by atoms with E-state index in [1.165, 1.54) is 6.07 Å². The average Bonchev–Trinajstić information content (AvgIpc) is 3.36. The van der Waals surface area contributed by atoms with Crippen LogP contribution in [0.1, 0.15) is 29.8 Å². The van der Waals surface area contributed by atoms with Gasteiger partial charge in [0.05, 0.1) is 40.9 Å². The van der Waals surface area contributed by atoms with Gasteiger partial charge in [0.1, 0.15) is 5.82 Å². The van der Waals surface area contributed by atoms with Gasteiger partial charge in [0, 0.05) is 30.7 Å². The molecule has 2 aromatic heterocycles. The molecule has 1 saturated heterocycles. The van der Waals surface area contributed by atoms with Gasteiger partial charge in [0.15, 0.2) is 0 Å². The van der Waals surface area contributed by atoms with Crippen LogP contribution in [0.3, 0.4) is 0 Å². The van der Waals surface area contributed by atoms with Gasteiger partial charge < -0.3 is 16.4 Å². The fraction of sp³-hybridized carbons (Fsp3) is 0.185. The molecule has 1 fully saturated rings. The number of likely N-dealkylation sites (tertiary alicyclic amines) is 1. The first kappa shape index (κ1) is 23.8. The Morgan fingerprint density at radius 3 is 2.40 bits per heavy atom. The zero-order valence-corrected chi connectivity index (χ0v) is 19.2. The molecule has 4 rings (SSSR count). The third-order valence-electron chi connectivity index (χ3n) is 5.84. The number of aromatic nitrogens is 2. The molecule has 8 heteroatoms. The molecular weight excluding hydrogens is 443 g/mol. The normalized spacial score (nSPS) is 17.0. The number of amides is 1. The SMILES string of the molecule is N/C(=C\C=NC[C@@H]1CCCN1C(=O)/C(=C(/N)c1ccccc1F)c1ccccn1)c1ccccn1. The van der Waals surface area contributed by atoms with E-state index in [9.17, 15) is 9.18 Å². The Kier molecular flexibility index (Phi) is 7.62. The largest absolute Gasteiger partial charge is 0.397 e. The van der Waals surface area contributed by atoms with Crippen LogP contribution in [0.5, 0.6) is 0 Å². The molecule has 1 amide bonds.